The van der Waals surface area contributed by atoms with E-state index in [4.69, 9.17) is 4.98 Å². The van der Waals surface area contributed by atoms with Gasteiger partial charge in [0.25, 0.3) is 0 Å². The van der Waals surface area contributed by atoms with Gasteiger partial charge in [-0.3, -0.25) is 4.98 Å². The Kier molecular flexibility index (Phi) is 9.46. The zero-order chi connectivity index (χ0) is 31.8. The Morgan fingerprint density at radius 1 is 1.02 bits per heavy atom. The Balaban J connectivity index is 1.38. The highest BCUT2D eigenvalue weighted by Gasteiger charge is 2.43. The van der Waals surface area contributed by atoms with Crippen molar-refractivity contribution < 1.29 is 22.3 Å². The number of nitrogens with zero attached hydrogens (tertiary/aromatic N) is 6. The van der Waals surface area contributed by atoms with E-state index in [9.17, 15) is 8.78 Å². The summed E-state index contributed by atoms with van der Waals surface area (Å²) in [6.45, 7) is 11.2. The average Bonchev–Trinajstić information content (AvgIpc) is 2.97. The summed E-state index contributed by atoms with van der Waals surface area (Å²) in [7, 11) is 4.20. The smallest absolute Gasteiger partial charge is 0.416 e. The second kappa shape index (κ2) is 13.0. The van der Waals surface area contributed by atoms with E-state index >= 15 is 8.78 Å². The lowest BCUT2D eigenvalue weighted by Gasteiger charge is -2.38. The summed E-state index contributed by atoms with van der Waals surface area (Å²) in [4.78, 5) is 19.7. The fourth-order valence-corrected chi connectivity index (χ4v) is 6.05. The normalized spacial score (nSPS) is 17.4. The number of halogens is 4. The molecular weight excluding hydrogens is 572 g/mol. The van der Waals surface area contributed by atoms with E-state index < -0.39 is 30.0 Å². The molecule has 5 rings (SSSR count). The van der Waals surface area contributed by atoms with E-state index in [-0.39, 0.29) is 35.3 Å². The van der Waals surface area contributed by atoms with Crippen LogP contribution in [0.1, 0.15) is 75.1 Å². The number of fused-ring (bicyclic) bond motifs is 1. The number of pyridine rings is 1. The molecule has 4 heterocycles. The molecule has 238 valence electrons. The lowest BCUT2D eigenvalue weighted by molar-refractivity contribution is -0.174. The predicted octanol–water partition coefficient (Wildman–Crippen LogP) is 6.47. The number of ether oxygens (including phenoxy) is 1. The first-order chi connectivity index (χ1) is 20.8. The van der Waals surface area contributed by atoms with Gasteiger partial charge < -0.3 is 19.4 Å². The van der Waals surface area contributed by atoms with E-state index in [0.29, 0.717) is 11.7 Å². The molecule has 3 aromatic rings. The number of hydrogen-bond acceptors (Lipinski definition) is 7. The molecule has 0 radical (unpaired) electrons. The fourth-order valence-electron chi connectivity index (χ4n) is 6.05. The van der Waals surface area contributed by atoms with Crippen LogP contribution in [0.25, 0.3) is 11.3 Å². The highest BCUT2D eigenvalue weighted by atomic mass is 19.3. The number of aromatic nitrogens is 3. The van der Waals surface area contributed by atoms with Crippen molar-refractivity contribution >= 4 is 5.69 Å². The van der Waals surface area contributed by atoms with Crippen molar-refractivity contribution in [2.24, 2.45) is 0 Å². The molecule has 2 aliphatic heterocycles. The lowest BCUT2D eigenvalue weighted by atomic mass is 9.85. The average molecular weight is 615 g/mol. The minimum atomic E-state index is -3.55. The SMILES string of the molecule is CC(C)c1nc(Cc2ncc(F)c(-c3cc(F)c4c(c3)N(C(C)C)CC(F)(F)O4)n2)ccc1C1CCN(CCN(C)C)CC1. The molecule has 0 amide bonds. The number of alkyl halides is 2. The molecule has 0 atom stereocenters. The third kappa shape index (κ3) is 7.15. The van der Waals surface area contributed by atoms with Gasteiger partial charge in [-0.2, -0.15) is 8.78 Å². The molecule has 44 heavy (non-hydrogen) atoms. The summed E-state index contributed by atoms with van der Waals surface area (Å²) in [5.74, 6) is -1.31. The van der Waals surface area contributed by atoms with Crippen molar-refractivity contribution in [2.45, 2.75) is 70.9 Å². The van der Waals surface area contributed by atoms with Crippen molar-refractivity contribution in [2.75, 3.05) is 51.7 Å². The van der Waals surface area contributed by atoms with Gasteiger partial charge >= 0.3 is 6.11 Å². The summed E-state index contributed by atoms with van der Waals surface area (Å²) in [6.07, 6.45) is -0.0494. The van der Waals surface area contributed by atoms with Gasteiger partial charge in [-0.1, -0.05) is 19.9 Å². The minimum Gasteiger partial charge on any atom is -0.426 e. The van der Waals surface area contributed by atoms with Gasteiger partial charge in [0.05, 0.1) is 18.3 Å². The van der Waals surface area contributed by atoms with Gasteiger partial charge in [0.1, 0.15) is 18.1 Å². The van der Waals surface area contributed by atoms with Gasteiger partial charge in [-0.25, -0.2) is 18.7 Å². The summed E-state index contributed by atoms with van der Waals surface area (Å²) in [5, 5.41) is 0. The van der Waals surface area contributed by atoms with Crippen LogP contribution in [0.15, 0.2) is 30.5 Å². The first kappa shape index (κ1) is 32.1. The van der Waals surface area contributed by atoms with E-state index in [1.54, 1.807) is 13.8 Å². The van der Waals surface area contributed by atoms with Crippen LogP contribution in [-0.2, 0) is 6.42 Å². The topological polar surface area (TPSA) is 57.6 Å². The van der Waals surface area contributed by atoms with Crippen molar-refractivity contribution in [3.8, 4) is 17.0 Å². The summed E-state index contributed by atoms with van der Waals surface area (Å²) < 4.78 is 63.2. The Labute approximate surface area is 257 Å². The Bertz CT molecular complexity index is 1470. The first-order valence-electron chi connectivity index (χ1n) is 15.4. The molecule has 1 saturated heterocycles. The number of benzene rings is 1. The van der Waals surface area contributed by atoms with E-state index in [1.165, 1.54) is 16.5 Å². The summed E-state index contributed by atoms with van der Waals surface area (Å²) >= 11 is 0. The molecule has 1 aromatic carbocycles. The molecule has 1 fully saturated rings. The molecule has 2 aromatic heterocycles. The molecule has 0 N–H and O–H groups in total. The quantitative estimate of drug-likeness (QED) is 0.256. The Morgan fingerprint density at radius 3 is 2.41 bits per heavy atom. The molecular formula is C33H42F4N6O. The maximum absolute atomic E-state index is 15.1. The van der Waals surface area contributed by atoms with Crippen molar-refractivity contribution in [3.63, 3.8) is 0 Å². The number of piperidine rings is 1. The van der Waals surface area contributed by atoms with Gasteiger partial charge in [-0.05, 0) is 89.5 Å². The maximum atomic E-state index is 15.1. The van der Waals surface area contributed by atoms with Crippen LogP contribution in [0.3, 0.4) is 0 Å². The van der Waals surface area contributed by atoms with Crippen LogP contribution < -0.4 is 9.64 Å². The molecule has 0 unspecified atom stereocenters. The molecule has 0 bridgehead atoms. The lowest BCUT2D eigenvalue weighted by Crippen LogP contribution is -2.48. The van der Waals surface area contributed by atoms with Crippen LogP contribution in [-0.4, -0.2) is 83.7 Å². The molecule has 11 heteroatoms. The van der Waals surface area contributed by atoms with Crippen LogP contribution in [0, 0.1) is 11.6 Å². The highest BCUT2D eigenvalue weighted by Crippen LogP contribution is 2.44. The summed E-state index contributed by atoms with van der Waals surface area (Å²) in [6, 6.07) is 6.20. The zero-order valence-corrected chi connectivity index (χ0v) is 26.4. The first-order valence-corrected chi connectivity index (χ1v) is 15.4. The maximum Gasteiger partial charge on any atom is 0.416 e. The molecule has 7 nitrogen and oxygen atoms in total. The third-order valence-electron chi connectivity index (χ3n) is 8.42. The minimum absolute atomic E-state index is 0.112. The molecule has 0 aliphatic carbocycles. The van der Waals surface area contributed by atoms with Crippen molar-refractivity contribution in [3.05, 3.63) is 64.9 Å². The van der Waals surface area contributed by atoms with Gasteiger partial charge in [0, 0.05) is 36.1 Å². The predicted molar refractivity (Wildman–Crippen MR) is 164 cm³/mol. The summed E-state index contributed by atoms with van der Waals surface area (Å²) in [5.41, 5.74) is 3.23. The Morgan fingerprint density at radius 2 is 1.75 bits per heavy atom. The van der Waals surface area contributed by atoms with Crippen LogP contribution >= 0.6 is 0 Å². The van der Waals surface area contributed by atoms with Gasteiger partial charge in [0.15, 0.2) is 17.4 Å². The third-order valence-corrected chi connectivity index (χ3v) is 8.42. The second-order valence-corrected chi connectivity index (χ2v) is 12.8. The fraction of sp³-hybridized carbons (Fsp3) is 0.545. The van der Waals surface area contributed by atoms with E-state index in [0.717, 1.165) is 62.7 Å². The largest absolute Gasteiger partial charge is 0.426 e. The number of anilines is 1. The monoisotopic (exact) mass is 614 g/mol. The molecule has 0 saturated carbocycles. The van der Waals surface area contributed by atoms with E-state index in [2.05, 4.69) is 58.5 Å². The second-order valence-electron chi connectivity index (χ2n) is 12.8. The number of likely N-dealkylation sites (N-methyl/N-ethyl adjacent to an activating group) is 1. The van der Waals surface area contributed by atoms with Gasteiger partial charge in [0.2, 0.25) is 0 Å². The van der Waals surface area contributed by atoms with Crippen LogP contribution in [0.5, 0.6) is 5.75 Å². The van der Waals surface area contributed by atoms with Crippen molar-refractivity contribution in [1.82, 2.24) is 24.8 Å². The highest BCUT2D eigenvalue weighted by molar-refractivity contribution is 5.72. The molecule has 0 spiro atoms. The standard InChI is InChI=1S/C33H42F4N6O/c1-20(2)30-25(22-9-11-42(12-10-22)14-13-41(5)6)8-7-24(39-30)17-29-38-18-27(35)31(40-29)23-15-26(34)32-28(16-23)43(21(3)4)19-33(36,37)44-32/h7-8,15-16,18,20-22H,9-14,17,19H2,1-6H3. The number of likely N-dealkylation sites (tertiary alicyclic amines) is 1. The molecule has 2 aliphatic rings. The zero-order valence-electron chi connectivity index (χ0n) is 26.4. The van der Waals surface area contributed by atoms with Gasteiger partial charge in [-0.15, -0.1) is 0 Å². The number of rotatable bonds is 9. The van der Waals surface area contributed by atoms with E-state index in [1.807, 2.05) is 6.07 Å². The Hall–Kier alpha value is -3.31. The number of hydrogen-bond donors (Lipinski definition) is 0. The van der Waals surface area contributed by atoms with Crippen LogP contribution in [0.4, 0.5) is 23.2 Å². The van der Waals surface area contributed by atoms with Crippen molar-refractivity contribution in [1.29, 1.82) is 0 Å². The van der Waals surface area contributed by atoms with Crippen LogP contribution in [0.2, 0.25) is 0 Å².